The van der Waals surface area contributed by atoms with Crippen LogP contribution in [0.25, 0.3) is 0 Å². The van der Waals surface area contributed by atoms with E-state index in [1.54, 1.807) is 0 Å². The number of anilines is 1. The minimum absolute atomic E-state index is 0.225. The Labute approximate surface area is 86.0 Å². The van der Waals surface area contributed by atoms with Gasteiger partial charge in [0.1, 0.15) is 0 Å². The van der Waals surface area contributed by atoms with E-state index in [1.165, 1.54) is 24.1 Å². The number of hydrogen-bond acceptors (Lipinski definition) is 2. The quantitative estimate of drug-likeness (QED) is 0.680. The van der Waals surface area contributed by atoms with Crippen molar-refractivity contribution in [2.45, 2.75) is 26.2 Å². The number of benzene rings is 1. The van der Waals surface area contributed by atoms with Crippen LogP contribution >= 0.6 is 0 Å². The van der Waals surface area contributed by atoms with Crippen molar-refractivity contribution in [3.05, 3.63) is 29.8 Å². The van der Waals surface area contributed by atoms with Gasteiger partial charge in [0.25, 0.3) is 0 Å². The molecule has 0 saturated heterocycles. The van der Waals surface area contributed by atoms with Gasteiger partial charge in [0.05, 0.1) is 0 Å². The first-order chi connectivity index (χ1) is 6.86. The van der Waals surface area contributed by atoms with E-state index in [0.29, 0.717) is 0 Å². The Morgan fingerprint density at radius 3 is 2.50 bits per heavy atom. The summed E-state index contributed by atoms with van der Waals surface area (Å²) in [6, 6.07) is 8.26. The summed E-state index contributed by atoms with van der Waals surface area (Å²) in [5, 5.41) is 12.1. The first-order valence-corrected chi connectivity index (χ1v) is 5.30. The van der Waals surface area contributed by atoms with Crippen LogP contribution in [0, 0.1) is 0 Å². The number of aliphatic hydroxyl groups is 1. The van der Waals surface area contributed by atoms with Crippen LogP contribution in [0.4, 0.5) is 5.69 Å². The number of hydrogen-bond donors (Lipinski definition) is 2. The van der Waals surface area contributed by atoms with Crippen LogP contribution in [0.2, 0.25) is 0 Å². The molecule has 0 aliphatic carbocycles. The third-order valence-corrected chi connectivity index (χ3v) is 2.21. The molecule has 0 bridgehead atoms. The maximum absolute atomic E-state index is 8.75. The molecule has 0 atom stereocenters. The highest BCUT2D eigenvalue weighted by Gasteiger charge is 1.93. The normalized spacial score (nSPS) is 10.1. The summed E-state index contributed by atoms with van der Waals surface area (Å²) < 4.78 is 0. The van der Waals surface area contributed by atoms with Crippen LogP contribution < -0.4 is 5.32 Å². The van der Waals surface area contributed by atoms with Gasteiger partial charge in [-0.3, -0.25) is 0 Å². The van der Waals surface area contributed by atoms with Crippen molar-refractivity contribution >= 4 is 5.69 Å². The first-order valence-electron chi connectivity index (χ1n) is 5.30. The van der Waals surface area contributed by atoms with Crippen molar-refractivity contribution < 1.29 is 5.11 Å². The molecule has 1 aromatic carbocycles. The highest BCUT2D eigenvalue weighted by atomic mass is 16.2. The standard InChI is InChI=1S/C12H19NO/c1-2-3-9-13-12-6-4-11(5-7-12)8-10-14/h4-7,13-14H,2-3,8-10H2,1H3. The zero-order valence-electron chi connectivity index (χ0n) is 8.79. The molecule has 78 valence electrons. The van der Waals surface area contributed by atoms with Crippen molar-refractivity contribution in [1.29, 1.82) is 0 Å². The fourth-order valence-electron chi connectivity index (χ4n) is 1.33. The van der Waals surface area contributed by atoms with Crippen LogP contribution in [-0.2, 0) is 6.42 Å². The van der Waals surface area contributed by atoms with Crippen molar-refractivity contribution in [2.75, 3.05) is 18.5 Å². The van der Waals surface area contributed by atoms with E-state index in [-0.39, 0.29) is 6.61 Å². The van der Waals surface area contributed by atoms with Gasteiger partial charge in [-0.15, -0.1) is 0 Å². The molecule has 0 aliphatic rings. The summed E-state index contributed by atoms with van der Waals surface area (Å²) in [7, 11) is 0. The van der Waals surface area contributed by atoms with Crippen molar-refractivity contribution in [3.8, 4) is 0 Å². The van der Waals surface area contributed by atoms with Crippen LogP contribution in [0.15, 0.2) is 24.3 Å². The van der Waals surface area contributed by atoms with Gasteiger partial charge in [0, 0.05) is 18.8 Å². The average Bonchev–Trinajstić information content (AvgIpc) is 2.21. The molecule has 0 fully saturated rings. The summed E-state index contributed by atoms with van der Waals surface area (Å²) in [5.41, 5.74) is 2.36. The Bertz CT molecular complexity index is 243. The largest absolute Gasteiger partial charge is 0.396 e. The van der Waals surface area contributed by atoms with Crippen molar-refractivity contribution in [1.82, 2.24) is 0 Å². The monoisotopic (exact) mass is 193 g/mol. The topological polar surface area (TPSA) is 32.3 Å². The number of rotatable bonds is 6. The summed E-state index contributed by atoms with van der Waals surface area (Å²) in [5.74, 6) is 0. The zero-order chi connectivity index (χ0) is 10.2. The summed E-state index contributed by atoms with van der Waals surface area (Å²) >= 11 is 0. The highest BCUT2D eigenvalue weighted by Crippen LogP contribution is 2.09. The lowest BCUT2D eigenvalue weighted by atomic mass is 10.1. The lowest BCUT2D eigenvalue weighted by Gasteiger charge is -2.06. The maximum atomic E-state index is 8.75. The molecule has 0 aliphatic heterocycles. The molecule has 2 heteroatoms. The van der Waals surface area contributed by atoms with Crippen molar-refractivity contribution in [3.63, 3.8) is 0 Å². The predicted octanol–water partition coefficient (Wildman–Crippen LogP) is 2.43. The molecule has 0 heterocycles. The Morgan fingerprint density at radius 2 is 1.93 bits per heavy atom. The molecule has 0 amide bonds. The average molecular weight is 193 g/mol. The van der Waals surface area contributed by atoms with Gasteiger partial charge >= 0.3 is 0 Å². The minimum atomic E-state index is 0.225. The van der Waals surface area contributed by atoms with Crippen molar-refractivity contribution in [2.24, 2.45) is 0 Å². The predicted molar refractivity (Wildman–Crippen MR) is 60.6 cm³/mol. The Kier molecular flexibility index (Phi) is 5.08. The molecule has 0 saturated carbocycles. The van der Waals surface area contributed by atoms with Gasteiger partial charge in [0.2, 0.25) is 0 Å². The van der Waals surface area contributed by atoms with Crippen LogP contribution in [0.1, 0.15) is 25.3 Å². The molecular formula is C12H19NO. The second kappa shape index (κ2) is 6.44. The number of unbranched alkanes of at least 4 members (excludes halogenated alkanes) is 1. The second-order valence-electron chi connectivity index (χ2n) is 3.45. The lowest BCUT2D eigenvalue weighted by molar-refractivity contribution is 0.299. The third kappa shape index (κ3) is 3.79. The molecule has 2 nitrogen and oxygen atoms in total. The Balaban J connectivity index is 2.38. The van der Waals surface area contributed by atoms with Gasteiger partial charge in [-0.25, -0.2) is 0 Å². The van der Waals surface area contributed by atoms with E-state index in [0.717, 1.165) is 13.0 Å². The van der Waals surface area contributed by atoms with E-state index < -0.39 is 0 Å². The summed E-state index contributed by atoms with van der Waals surface area (Å²) in [6.45, 7) is 3.45. The van der Waals surface area contributed by atoms with Gasteiger partial charge in [-0.05, 0) is 30.5 Å². The molecule has 1 rings (SSSR count). The van der Waals surface area contributed by atoms with Crippen LogP contribution in [0.3, 0.4) is 0 Å². The zero-order valence-corrected chi connectivity index (χ0v) is 8.79. The van der Waals surface area contributed by atoms with E-state index in [2.05, 4.69) is 36.5 Å². The smallest absolute Gasteiger partial charge is 0.0471 e. The molecule has 14 heavy (non-hydrogen) atoms. The number of aliphatic hydroxyl groups excluding tert-OH is 1. The van der Waals surface area contributed by atoms with E-state index in [1.807, 2.05) is 0 Å². The van der Waals surface area contributed by atoms with Gasteiger partial charge in [0.15, 0.2) is 0 Å². The van der Waals surface area contributed by atoms with Gasteiger partial charge in [-0.2, -0.15) is 0 Å². The summed E-state index contributed by atoms with van der Waals surface area (Å²) in [4.78, 5) is 0. The molecule has 0 spiro atoms. The molecule has 1 aromatic rings. The fraction of sp³-hybridized carbons (Fsp3) is 0.500. The van der Waals surface area contributed by atoms with E-state index in [4.69, 9.17) is 5.11 Å². The van der Waals surface area contributed by atoms with Gasteiger partial charge in [-0.1, -0.05) is 25.5 Å². The second-order valence-corrected chi connectivity index (χ2v) is 3.45. The van der Waals surface area contributed by atoms with Crippen LogP contribution in [-0.4, -0.2) is 18.3 Å². The van der Waals surface area contributed by atoms with Gasteiger partial charge < -0.3 is 10.4 Å². The van der Waals surface area contributed by atoms with E-state index >= 15 is 0 Å². The molecular weight excluding hydrogens is 174 g/mol. The Hall–Kier alpha value is -1.02. The Morgan fingerprint density at radius 1 is 1.21 bits per heavy atom. The summed E-state index contributed by atoms with van der Waals surface area (Å²) in [6.07, 6.45) is 3.17. The van der Waals surface area contributed by atoms with E-state index in [9.17, 15) is 0 Å². The highest BCUT2D eigenvalue weighted by molar-refractivity contribution is 5.44. The van der Waals surface area contributed by atoms with Crippen LogP contribution in [0.5, 0.6) is 0 Å². The lowest BCUT2D eigenvalue weighted by Crippen LogP contribution is -2.00. The maximum Gasteiger partial charge on any atom is 0.0471 e. The SMILES string of the molecule is CCCCNc1ccc(CCO)cc1. The molecule has 0 radical (unpaired) electrons. The molecule has 0 unspecified atom stereocenters. The minimum Gasteiger partial charge on any atom is -0.396 e. The first kappa shape index (κ1) is 11.1. The third-order valence-electron chi connectivity index (χ3n) is 2.21. The number of nitrogens with one attached hydrogen (secondary N) is 1. The molecule has 0 aromatic heterocycles. The fourth-order valence-corrected chi connectivity index (χ4v) is 1.33. The molecule has 2 N–H and O–H groups in total.